The van der Waals surface area contributed by atoms with Crippen LogP contribution in [0, 0.1) is 5.41 Å². The molecule has 0 amide bonds. The number of hydrazine groups is 1. The van der Waals surface area contributed by atoms with E-state index in [-0.39, 0.29) is 11.3 Å². The number of hydrogen-bond donors (Lipinski definition) is 3. The Morgan fingerprint density at radius 1 is 1.29 bits per heavy atom. The van der Waals surface area contributed by atoms with Crippen LogP contribution in [0.5, 0.6) is 0 Å². The second-order valence-corrected chi connectivity index (χ2v) is 4.83. The van der Waals surface area contributed by atoms with Gasteiger partial charge in [-0.25, -0.2) is 9.59 Å². The summed E-state index contributed by atoms with van der Waals surface area (Å²) in [6, 6.07) is 0. The predicted octanol–water partition coefficient (Wildman–Crippen LogP) is 1.60. The largest absolute Gasteiger partial charge is 0.478 e. The molecule has 3 N–H and O–H groups in total. The smallest absolute Gasteiger partial charge is 0.401 e. The minimum atomic E-state index is -4.64. The average Bonchev–Trinajstić information content (AvgIpc) is 2.72. The third kappa shape index (κ3) is 1.96. The van der Waals surface area contributed by atoms with Crippen LogP contribution in [-0.2, 0) is 9.59 Å². The van der Waals surface area contributed by atoms with Crippen molar-refractivity contribution < 1.29 is 33.0 Å². The van der Waals surface area contributed by atoms with E-state index in [1.807, 2.05) is 0 Å². The molecule has 9 heteroatoms. The number of allylic oxidation sites excluding steroid dienone is 2. The number of nitrogens with one attached hydrogen (secondary N) is 1. The number of rotatable bonds is 2. The van der Waals surface area contributed by atoms with Crippen molar-refractivity contribution in [2.45, 2.75) is 20.0 Å². The van der Waals surface area contributed by atoms with Crippen molar-refractivity contribution >= 4 is 11.9 Å². The molecule has 0 spiro atoms. The van der Waals surface area contributed by atoms with Gasteiger partial charge >= 0.3 is 18.1 Å². The molecule has 0 saturated carbocycles. The van der Waals surface area contributed by atoms with Crippen molar-refractivity contribution in [3.05, 3.63) is 34.8 Å². The molecule has 21 heavy (non-hydrogen) atoms. The van der Waals surface area contributed by atoms with Crippen LogP contribution in [0.25, 0.3) is 0 Å². The zero-order chi connectivity index (χ0) is 16.2. The molecule has 2 aliphatic heterocycles. The molecular formula is C12H11F3N2O4. The van der Waals surface area contributed by atoms with Crippen LogP contribution in [0.2, 0.25) is 0 Å². The predicted molar refractivity (Wildman–Crippen MR) is 63.3 cm³/mol. The van der Waals surface area contributed by atoms with Crippen molar-refractivity contribution in [3.8, 4) is 0 Å². The Morgan fingerprint density at radius 2 is 1.86 bits per heavy atom. The first-order valence-electron chi connectivity index (χ1n) is 5.75. The lowest BCUT2D eigenvalue weighted by atomic mass is 9.78. The molecule has 1 unspecified atom stereocenters. The highest BCUT2D eigenvalue weighted by Crippen LogP contribution is 2.50. The van der Waals surface area contributed by atoms with E-state index in [2.05, 4.69) is 5.43 Å². The molecule has 1 atom stereocenters. The van der Waals surface area contributed by atoms with E-state index >= 15 is 0 Å². The Morgan fingerprint density at radius 3 is 2.29 bits per heavy atom. The van der Waals surface area contributed by atoms with Gasteiger partial charge in [0.25, 0.3) is 0 Å². The Kier molecular flexibility index (Phi) is 3.04. The lowest BCUT2D eigenvalue weighted by molar-refractivity contribution is -0.188. The van der Waals surface area contributed by atoms with Crippen LogP contribution in [0.15, 0.2) is 34.8 Å². The number of carbonyl (C=O) groups is 2. The van der Waals surface area contributed by atoms with E-state index < -0.39 is 34.8 Å². The third-order valence-electron chi connectivity index (χ3n) is 3.67. The van der Waals surface area contributed by atoms with Gasteiger partial charge in [0.15, 0.2) is 5.70 Å². The molecule has 0 radical (unpaired) electrons. The molecule has 114 valence electrons. The topological polar surface area (TPSA) is 89.9 Å². The van der Waals surface area contributed by atoms with Crippen molar-refractivity contribution in [2.24, 2.45) is 5.41 Å². The van der Waals surface area contributed by atoms with E-state index in [0.29, 0.717) is 0 Å². The van der Waals surface area contributed by atoms with Gasteiger partial charge in [0.2, 0.25) is 0 Å². The maximum Gasteiger partial charge on any atom is 0.401 e. The normalized spacial score (nSPS) is 25.1. The van der Waals surface area contributed by atoms with Gasteiger partial charge in [-0.2, -0.15) is 13.2 Å². The van der Waals surface area contributed by atoms with Crippen LogP contribution < -0.4 is 5.43 Å². The molecule has 0 aromatic rings. The summed E-state index contributed by atoms with van der Waals surface area (Å²) in [5, 5.41) is 19.1. The van der Waals surface area contributed by atoms with Crippen LogP contribution in [0.1, 0.15) is 13.8 Å². The highest BCUT2D eigenvalue weighted by atomic mass is 19.4. The molecule has 0 aromatic carbocycles. The van der Waals surface area contributed by atoms with E-state index in [1.54, 1.807) is 0 Å². The fourth-order valence-electron chi connectivity index (χ4n) is 2.22. The van der Waals surface area contributed by atoms with Crippen LogP contribution in [-0.4, -0.2) is 33.3 Å². The maximum absolute atomic E-state index is 13.2. The monoisotopic (exact) mass is 304 g/mol. The number of halogens is 3. The first-order chi connectivity index (χ1) is 9.50. The molecule has 0 saturated heterocycles. The SMILES string of the molecule is CC1=C2C(C(=O)O)=C(C(=O)O)NN2C=CC1(C)C(F)(F)F. The van der Waals surface area contributed by atoms with Crippen molar-refractivity contribution in [3.63, 3.8) is 0 Å². The molecule has 0 fully saturated rings. The summed E-state index contributed by atoms with van der Waals surface area (Å²) in [5.41, 5.74) is -2.07. The minimum absolute atomic E-state index is 0.293. The van der Waals surface area contributed by atoms with Crippen molar-refractivity contribution in [2.75, 3.05) is 0 Å². The van der Waals surface area contributed by atoms with E-state index in [1.165, 1.54) is 0 Å². The number of carboxylic acids is 2. The number of hydrogen-bond acceptors (Lipinski definition) is 4. The van der Waals surface area contributed by atoms with E-state index in [9.17, 15) is 22.8 Å². The molecule has 0 bridgehead atoms. The van der Waals surface area contributed by atoms with Crippen LogP contribution in [0.4, 0.5) is 13.2 Å². The molecule has 2 heterocycles. The number of alkyl halides is 3. The van der Waals surface area contributed by atoms with Crippen molar-refractivity contribution in [1.29, 1.82) is 0 Å². The molecule has 6 nitrogen and oxygen atoms in total. The van der Waals surface area contributed by atoms with Crippen LogP contribution >= 0.6 is 0 Å². The lowest BCUT2D eigenvalue weighted by Crippen LogP contribution is -2.41. The molecule has 2 rings (SSSR count). The molecule has 2 aliphatic rings. The molecule has 0 aromatic heterocycles. The Bertz CT molecular complexity index is 633. The van der Waals surface area contributed by atoms with Gasteiger partial charge in [-0.15, -0.1) is 0 Å². The Labute approximate surface area is 116 Å². The van der Waals surface area contributed by atoms with E-state index in [4.69, 9.17) is 10.2 Å². The van der Waals surface area contributed by atoms with Gasteiger partial charge in [-0.05, 0) is 25.5 Å². The van der Waals surface area contributed by atoms with Gasteiger partial charge in [-0.3, -0.25) is 10.4 Å². The number of nitrogens with zero attached hydrogens (tertiary/aromatic N) is 1. The second-order valence-electron chi connectivity index (χ2n) is 4.83. The summed E-state index contributed by atoms with van der Waals surface area (Å²) in [6.07, 6.45) is -2.81. The fourth-order valence-corrected chi connectivity index (χ4v) is 2.22. The summed E-state index contributed by atoms with van der Waals surface area (Å²) >= 11 is 0. The Hall–Kier alpha value is -2.45. The zero-order valence-electron chi connectivity index (χ0n) is 10.9. The van der Waals surface area contributed by atoms with Gasteiger partial charge in [0.1, 0.15) is 11.0 Å². The highest BCUT2D eigenvalue weighted by Gasteiger charge is 2.54. The molecule has 0 aliphatic carbocycles. The summed E-state index contributed by atoms with van der Waals surface area (Å²) in [4.78, 5) is 22.3. The first kappa shape index (κ1) is 14.9. The first-order valence-corrected chi connectivity index (χ1v) is 5.75. The number of fused-ring (bicyclic) bond motifs is 1. The number of aliphatic carboxylic acids is 2. The minimum Gasteiger partial charge on any atom is -0.478 e. The van der Waals surface area contributed by atoms with Crippen molar-refractivity contribution in [1.82, 2.24) is 10.4 Å². The standard InChI is InChI=1S/C12H11F3N2O4/c1-5-8-6(9(18)19)7(10(20)21)16-17(8)4-3-11(5,2)12(13,14)15/h3-4,16H,1-2H3,(H,18,19)(H,20,21). The van der Waals surface area contributed by atoms with Gasteiger partial charge in [-0.1, -0.05) is 0 Å². The van der Waals surface area contributed by atoms with E-state index in [0.717, 1.165) is 31.1 Å². The zero-order valence-corrected chi connectivity index (χ0v) is 10.9. The summed E-state index contributed by atoms with van der Waals surface area (Å²) in [6.45, 7) is 2.04. The van der Waals surface area contributed by atoms with Crippen LogP contribution in [0.3, 0.4) is 0 Å². The summed E-state index contributed by atoms with van der Waals surface area (Å²) in [7, 11) is 0. The number of carboxylic acid groups (broad SMARTS) is 2. The third-order valence-corrected chi connectivity index (χ3v) is 3.67. The highest BCUT2D eigenvalue weighted by molar-refractivity contribution is 6.03. The van der Waals surface area contributed by atoms with Gasteiger partial charge in [0.05, 0.1) is 5.70 Å². The molecular weight excluding hydrogens is 293 g/mol. The quantitative estimate of drug-likeness (QED) is 0.718. The maximum atomic E-state index is 13.2. The lowest BCUT2D eigenvalue weighted by Gasteiger charge is -2.36. The summed E-state index contributed by atoms with van der Waals surface area (Å²) in [5.74, 6) is -3.18. The summed E-state index contributed by atoms with van der Waals surface area (Å²) < 4.78 is 39.6. The van der Waals surface area contributed by atoms with Gasteiger partial charge < -0.3 is 10.2 Å². The fraction of sp³-hybridized carbons (Fsp3) is 0.333. The van der Waals surface area contributed by atoms with Gasteiger partial charge in [0, 0.05) is 6.20 Å². The average molecular weight is 304 g/mol. The Balaban J connectivity index is 2.71. The second kappa shape index (κ2) is 4.27.